The third-order valence-electron chi connectivity index (χ3n) is 3.99. The summed E-state index contributed by atoms with van der Waals surface area (Å²) in [5, 5.41) is 2.82. The number of para-hydroxylation sites is 1. The molecule has 0 spiro atoms. The molecule has 0 aliphatic carbocycles. The normalized spacial score (nSPS) is 14.2. The summed E-state index contributed by atoms with van der Waals surface area (Å²) >= 11 is 0. The number of nitrogens with zero attached hydrogens (tertiary/aromatic N) is 2. The Hall–Kier alpha value is -2.89. The van der Waals surface area contributed by atoms with Crippen molar-refractivity contribution in [2.45, 2.75) is 6.92 Å². The first kappa shape index (κ1) is 16.0. The van der Waals surface area contributed by atoms with E-state index in [1.807, 2.05) is 31.2 Å². The van der Waals surface area contributed by atoms with Gasteiger partial charge in [0.2, 0.25) is 5.91 Å². The summed E-state index contributed by atoms with van der Waals surface area (Å²) in [6.45, 7) is 2.83. The van der Waals surface area contributed by atoms with Gasteiger partial charge in [0, 0.05) is 24.5 Å². The van der Waals surface area contributed by atoms with Crippen molar-refractivity contribution < 1.29 is 14.0 Å². The fraction of sp³-hybridized carbons (Fsp3) is 0.222. The molecule has 1 N–H and O–H groups in total. The van der Waals surface area contributed by atoms with E-state index >= 15 is 0 Å². The number of hydrogen-bond acceptors (Lipinski definition) is 2. The van der Waals surface area contributed by atoms with Gasteiger partial charge < -0.3 is 10.2 Å². The first-order valence-corrected chi connectivity index (χ1v) is 7.72. The predicted molar refractivity (Wildman–Crippen MR) is 90.5 cm³/mol. The summed E-state index contributed by atoms with van der Waals surface area (Å²) in [6.07, 6.45) is 0. The van der Waals surface area contributed by atoms with Crippen molar-refractivity contribution in [3.05, 3.63) is 59.9 Å². The van der Waals surface area contributed by atoms with Gasteiger partial charge in [0.25, 0.3) is 0 Å². The SMILES string of the molecule is Cc1ccccc1NC(=O)CN1CCN(c2ccc(F)cc2)C1=O. The monoisotopic (exact) mass is 327 g/mol. The average Bonchev–Trinajstić information content (AvgIpc) is 2.91. The molecule has 0 aromatic heterocycles. The fourth-order valence-corrected chi connectivity index (χ4v) is 2.67. The van der Waals surface area contributed by atoms with Crippen molar-refractivity contribution in [2.75, 3.05) is 29.9 Å². The number of urea groups is 1. The zero-order chi connectivity index (χ0) is 17.1. The number of amides is 3. The number of anilines is 2. The lowest BCUT2D eigenvalue weighted by atomic mass is 10.2. The zero-order valence-corrected chi connectivity index (χ0v) is 13.3. The molecule has 5 nitrogen and oxygen atoms in total. The van der Waals surface area contributed by atoms with E-state index in [0.717, 1.165) is 11.3 Å². The molecule has 0 unspecified atom stereocenters. The highest BCUT2D eigenvalue weighted by molar-refractivity contribution is 5.99. The Kier molecular flexibility index (Phi) is 4.46. The minimum absolute atomic E-state index is 0.00907. The average molecular weight is 327 g/mol. The van der Waals surface area contributed by atoms with Gasteiger partial charge in [-0.3, -0.25) is 9.69 Å². The lowest BCUT2D eigenvalue weighted by Crippen LogP contribution is -2.37. The molecular formula is C18H18FN3O2. The van der Waals surface area contributed by atoms with Crippen LogP contribution >= 0.6 is 0 Å². The van der Waals surface area contributed by atoms with Crippen LogP contribution in [0.2, 0.25) is 0 Å². The molecule has 1 heterocycles. The highest BCUT2D eigenvalue weighted by Gasteiger charge is 2.30. The molecule has 1 aliphatic heterocycles. The van der Waals surface area contributed by atoms with Gasteiger partial charge in [0.1, 0.15) is 12.4 Å². The Labute approximate surface area is 139 Å². The van der Waals surface area contributed by atoms with E-state index < -0.39 is 0 Å². The smallest absolute Gasteiger partial charge is 0.324 e. The first-order chi connectivity index (χ1) is 11.5. The number of carbonyl (C=O) groups excluding carboxylic acids is 2. The van der Waals surface area contributed by atoms with Crippen LogP contribution in [0.3, 0.4) is 0 Å². The number of carbonyl (C=O) groups is 2. The molecule has 3 amide bonds. The second kappa shape index (κ2) is 6.70. The van der Waals surface area contributed by atoms with E-state index in [4.69, 9.17) is 0 Å². The minimum Gasteiger partial charge on any atom is -0.324 e. The fourth-order valence-electron chi connectivity index (χ4n) is 2.67. The van der Waals surface area contributed by atoms with E-state index in [0.29, 0.717) is 18.8 Å². The van der Waals surface area contributed by atoms with Crippen molar-refractivity contribution in [1.29, 1.82) is 0 Å². The maximum Gasteiger partial charge on any atom is 0.325 e. The van der Waals surface area contributed by atoms with Gasteiger partial charge in [-0.1, -0.05) is 18.2 Å². The van der Waals surface area contributed by atoms with Crippen LogP contribution in [0.15, 0.2) is 48.5 Å². The van der Waals surface area contributed by atoms with Crippen LogP contribution in [-0.4, -0.2) is 36.5 Å². The van der Waals surface area contributed by atoms with Crippen molar-refractivity contribution >= 4 is 23.3 Å². The lowest BCUT2D eigenvalue weighted by Gasteiger charge is -2.18. The van der Waals surface area contributed by atoms with Crippen LogP contribution in [0.4, 0.5) is 20.6 Å². The Bertz CT molecular complexity index is 761. The second-order valence-corrected chi connectivity index (χ2v) is 5.70. The Balaban J connectivity index is 1.62. The Morgan fingerprint density at radius 3 is 2.54 bits per heavy atom. The van der Waals surface area contributed by atoms with Crippen molar-refractivity contribution in [1.82, 2.24) is 4.90 Å². The van der Waals surface area contributed by atoms with Crippen LogP contribution in [0.5, 0.6) is 0 Å². The molecule has 1 saturated heterocycles. The molecular weight excluding hydrogens is 309 g/mol. The maximum atomic E-state index is 13.0. The van der Waals surface area contributed by atoms with Crippen LogP contribution < -0.4 is 10.2 Å². The number of nitrogens with one attached hydrogen (secondary N) is 1. The zero-order valence-electron chi connectivity index (χ0n) is 13.3. The maximum absolute atomic E-state index is 13.0. The summed E-state index contributed by atoms with van der Waals surface area (Å²) in [7, 11) is 0. The largest absolute Gasteiger partial charge is 0.325 e. The summed E-state index contributed by atoms with van der Waals surface area (Å²) < 4.78 is 13.0. The topological polar surface area (TPSA) is 52.7 Å². The number of hydrogen-bond donors (Lipinski definition) is 1. The van der Waals surface area contributed by atoms with Gasteiger partial charge in [-0.2, -0.15) is 0 Å². The second-order valence-electron chi connectivity index (χ2n) is 5.70. The molecule has 124 valence electrons. The molecule has 0 saturated carbocycles. The number of aryl methyl sites for hydroxylation is 1. The molecule has 2 aromatic carbocycles. The molecule has 0 radical (unpaired) electrons. The highest BCUT2D eigenvalue weighted by Crippen LogP contribution is 2.20. The first-order valence-electron chi connectivity index (χ1n) is 7.72. The minimum atomic E-state index is -0.347. The summed E-state index contributed by atoms with van der Waals surface area (Å²) in [5.74, 6) is -0.585. The molecule has 6 heteroatoms. The van der Waals surface area contributed by atoms with Gasteiger partial charge in [-0.05, 0) is 42.8 Å². The van der Waals surface area contributed by atoms with E-state index in [9.17, 15) is 14.0 Å². The van der Waals surface area contributed by atoms with Crippen LogP contribution in [0, 0.1) is 12.7 Å². The van der Waals surface area contributed by atoms with Crippen molar-refractivity contribution in [3.63, 3.8) is 0 Å². The summed E-state index contributed by atoms with van der Waals surface area (Å²) in [5.41, 5.74) is 2.33. The van der Waals surface area contributed by atoms with Crippen LogP contribution in [-0.2, 0) is 4.79 Å². The lowest BCUT2D eigenvalue weighted by molar-refractivity contribution is -0.116. The number of benzene rings is 2. The van der Waals surface area contributed by atoms with Crippen molar-refractivity contribution in [2.24, 2.45) is 0 Å². The van der Waals surface area contributed by atoms with Gasteiger partial charge in [-0.15, -0.1) is 0 Å². The van der Waals surface area contributed by atoms with Gasteiger partial charge in [0.15, 0.2) is 0 Å². The third-order valence-corrected chi connectivity index (χ3v) is 3.99. The molecule has 0 bridgehead atoms. The van der Waals surface area contributed by atoms with E-state index in [1.165, 1.54) is 17.0 Å². The van der Waals surface area contributed by atoms with E-state index in [-0.39, 0.29) is 24.3 Å². The van der Waals surface area contributed by atoms with Gasteiger partial charge in [-0.25, -0.2) is 9.18 Å². The Morgan fingerprint density at radius 2 is 1.83 bits per heavy atom. The molecule has 0 atom stereocenters. The van der Waals surface area contributed by atoms with E-state index in [1.54, 1.807) is 17.0 Å². The van der Waals surface area contributed by atoms with Gasteiger partial charge >= 0.3 is 6.03 Å². The molecule has 2 aromatic rings. The third kappa shape index (κ3) is 3.37. The van der Waals surface area contributed by atoms with Crippen LogP contribution in [0.25, 0.3) is 0 Å². The van der Waals surface area contributed by atoms with Gasteiger partial charge in [0.05, 0.1) is 0 Å². The Morgan fingerprint density at radius 1 is 1.12 bits per heavy atom. The standard InChI is InChI=1S/C18H18FN3O2/c1-13-4-2-3-5-16(13)20-17(23)12-21-10-11-22(18(21)24)15-8-6-14(19)7-9-15/h2-9H,10-12H2,1H3,(H,20,23). The number of halogens is 1. The van der Waals surface area contributed by atoms with E-state index in [2.05, 4.69) is 5.32 Å². The predicted octanol–water partition coefficient (Wildman–Crippen LogP) is 3.01. The molecule has 1 fully saturated rings. The molecule has 1 aliphatic rings. The number of rotatable bonds is 4. The quantitative estimate of drug-likeness (QED) is 0.938. The summed E-state index contributed by atoms with van der Waals surface area (Å²) in [6, 6.07) is 13.0. The highest BCUT2D eigenvalue weighted by atomic mass is 19.1. The van der Waals surface area contributed by atoms with Crippen molar-refractivity contribution in [3.8, 4) is 0 Å². The summed E-state index contributed by atoms with van der Waals surface area (Å²) in [4.78, 5) is 27.6. The molecule has 24 heavy (non-hydrogen) atoms. The molecule has 3 rings (SSSR count). The van der Waals surface area contributed by atoms with Crippen LogP contribution in [0.1, 0.15) is 5.56 Å².